The second-order valence-corrected chi connectivity index (χ2v) is 6.29. The zero-order valence-electron chi connectivity index (χ0n) is 14.5. The van der Waals surface area contributed by atoms with Crippen molar-refractivity contribution in [2.24, 2.45) is 0 Å². The van der Waals surface area contributed by atoms with Crippen molar-refractivity contribution in [3.8, 4) is 0 Å². The zero-order valence-corrected chi connectivity index (χ0v) is 15.3. The largest absolute Gasteiger partial charge is 0.310 e. The highest BCUT2D eigenvalue weighted by molar-refractivity contribution is 7.71. The Morgan fingerprint density at radius 1 is 1.24 bits per heavy atom. The van der Waals surface area contributed by atoms with Crippen LogP contribution >= 0.6 is 12.2 Å². The number of para-hydroxylation sites is 2. The molecular weight excluding hydrogens is 336 g/mol. The summed E-state index contributed by atoms with van der Waals surface area (Å²) in [5.41, 5.74) is 1.89. The first-order valence-electron chi connectivity index (χ1n) is 8.53. The summed E-state index contributed by atoms with van der Waals surface area (Å²) in [6.07, 6.45) is 2.67. The highest BCUT2D eigenvalue weighted by atomic mass is 32.1. The van der Waals surface area contributed by atoms with Gasteiger partial charge in [-0.3, -0.25) is 19.8 Å². The molecule has 7 nitrogen and oxygen atoms in total. The lowest BCUT2D eigenvalue weighted by molar-refractivity contribution is -0.116. The van der Waals surface area contributed by atoms with Crippen molar-refractivity contribution in [3.63, 3.8) is 0 Å². The molecule has 1 aromatic carbocycles. The maximum absolute atomic E-state index is 12.5. The number of benzene rings is 1. The molecule has 0 aliphatic carbocycles. The fourth-order valence-electron chi connectivity index (χ4n) is 2.86. The van der Waals surface area contributed by atoms with Crippen molar-refractivity contribution in [2.45, 2.75) is 46.2 Å². The number of carbonyl (C=O) groups excluding carboxylic acids is 1. The first kappa shape index (κ1) is 17.3. The number of rotatable bonds is 7. The van der Waals surface area contributed by atoms with E-state index in [4.69, 9.17) is 12.2 Å². The minimum absolute atomic E-state index is 0.125. The van der Waals surface area contributed by atoms with E-state index < -0.39 is 0 Å². The number of aryl methyl sites for hydroxylation is 2. The van der Waals surface area contributed by atoms with Crippen molar-refractivity contribution >= 4 is 35.1 Å². The van der Waals surface area contributed by atoms with Gasteiger partial charge in [-0.1, -0.05) is 26.0 Å². The predicted molar refractivity (Wildman–Crippen MR) is 100 cm³/mol. The van der Waals surface area contributed by atoms with Gasteiger partial charge in [0.1, 0.15) is 12.4 Å². The summed E-state index contributed by atoms with van der Waals surface area (Å²) in [4.78, 5) is 17.1. The summed E-state index contributed by atoms with van der Waals surface area (Å²) in [7, 11) is 0. The van der Waals surface area contributed by atoms with E-state index in [1.54, 1.807) is 4.57 Å². The van der Waals surface area contributed by atoms with Crippen LogP contribution in [0.5, 0.6) is 0 Å². The quantitative estimate of drug-likeness (QED) is 0.635. The van der Waals surface area contributed by atoms with Crippen LogP contribution in [0, 0.1) is 4.77 Å². The number of imidazole rings is 1. The smallest absolute Gasteiger partial charge is 0.246 e. The molecule has 2 aromatic heterocycles. The van der Waals surface area contributed by atoms with E-state index in [0.717, 1.165) is 42.7 Å². The number of fused-ring (bicyclic) bond motifs is 1. The van der Waals surface area contributed by atoms with Gasteiger partial charge >= 0.3 is 0 Å². The Balaban J connectivity index is 1.84. The lowest BCUT2D eigenvalue weighted by Gasteiger charge is -2.10. The maximum atomic E-state index is 12.5. The maximum Gasteiger partial charge on any atom is 0.246 e. The third-order valence-electron chi connectivity index (χ3n) is 3.97. The third-order valence-corrected chi connectivity index (χ3v) is 4.28. The molecule has 0 saturated heterocycles. The molecule has 0 saturated carbocycles. The highest BCUT2D eigenvalue weighted by Crippen LogP contribution is 2.20. The predicted octanol–water partition coefficient (Wildman–Crippen LogP) is 3.29. The van der Waals surface area contributed by atoms with E-state index in [1.165, 1.54) is 0 Å². The molecule has 0 atom stereocenters. The van der Waals surface area contributed by atoms with Crippen LogP contribution in [0.25, 0.3) is 11.0 Å². The van der Waals surface area contributed by atoms with Crippen molar-refractivity contribution in [3.05, 3.63) is 34.9 Å². The Morgan fingerprint density at radius 3 is 2.80 bits per heavy atom. The van der Waals surface area contributed by atoms with Gasteiger partial charge in [0.15, 0.2) is 4.77 Å². The number of nitrogens with zero attached hydrogens (tertiary/aromatic N) is 4. The van der Waals surface area contributed by atoms with Crippen molar-refractivity contribution in [1.29, 1.82) is 0 Å². The van der Waals surface area contributed by atoms with Crippen LogP contribution in [0.15, 0.2) is 24.3 Å². The van der Waals surface area contributed by atoms with Crippen LogP contribution < -0.4 is 5.32 Å². The minimum atomic E-state index is -0.164. The Labute approximate surface area is 151 Å². The number of aromatic nitrogens is 5. The lowest BCUT2D eigenvalue weighted by Crippen LogP contribution is -2.22. The molecule has 0 spiro atoms. The average molecular weight is 358 g/mol. The van der Waals surface area contributed by atoms with E-state index in [1.807, 2.05) is 28.8 Å². The SMILES string of the molecule is CCCc1n[nH]c(=S)n1CC(=O)Nc1nc2ccccc2n1CCC. The zero-order chi connectivity index (χ0) is 17.8. The molecule has 2 heterocycles. The Morgan fingerprint density at radius 2 is 2.04 bits per heavy atom. The van der Waals surface area contributed by atoms with E-state index in [9.17, 15) is 4.79 Å². The fourth-order valence-corrected chi connectivity index (χ4v) is 3.07. The molecule has 0 bridgehead atoms. The summed E-state index contributed by atoms with van der Waals surface area (Å²) < 4.78 is 4.23. The van der Waals surface area contributed by atoms with Crippen LogP contribution in [0.3, 0.4) is 0 Å². The molecule has 0 aliphatic heterocycles. The monoisotopic (exact) mass is 358 g/mol. The summed E-state index contributed by atoms with van der Waals surface area (Å²) in [6, 6.07) is 7.88. The summed E-state index contributed by atoms with van der Waals surface area (Å²) >= 11 is 5.23. The topological polar surface area (TPSA) is 80.5 Å². The average Bonchev–Trinajstić information content (AvgIpc) is 3.11. The lowest BCUT2D eigenvalue weighted by atomic mass is 10.3. The highest BCUT2D eigenvalue weighted by Gasteiger charge is 2.15. The van der Waals surface area contributed by atoms with Gasteiger partial charge in [-0.05, 0) is 37.2 Å². The third kappa shape index (κ3) is 3.63. The normalized spacial score (nSPS) is 11.1. The molecule has 0 unspecified atom stereocenters. The standard InChI is InChI=1S/C17H22N6OS/c1-3-7-14-20-21-17(25)23(14)11-15(24)19-16-18-12-8-5-6-9-13(12)22(16)10-4-2/h5-6,8-9H,3-4,7,10-11H2,1-2H3,(H,21,25)(H,18,19,24). The first-order chi connectivity index (χ1) is 12.1. The van der Waals surface area contributed by atoms with Crippen molar-refractivity contribution in [1.82, 2.24) is 24.3 Å². The second kappa shape index (κ2) is 7.60. The molecule has 3 rings (SSSR count). The number of hydrogen-bond acceptors (Lipinski definition) is 4. The van der Waals surface area contributed by atoms with Gasteiger partial charge in [-0.15, -0.1) is 0 Å². The number of nitrogens with one attached hydrogen (secondary N) is 2. The number of anilines is 1. The first-order valence-corrected chi connectivity index (χ1v) is 8.94. The summed E-state index contributed by atoms with van der Waals surface area (Å²) in [5, 5.41) is 9.88. The van der Waals surface area contributed by atoms with Crippen molar-refractivity contribution in [2.75, 3.05) is 5.32 Å². The molecule has 8 heteroatoms. The molecule has 25 heavy (non-hydrogen) atoms. The van der Waals surface area contributed by atoms with Crippen molar-refractivity contribution < 1.29 is 4.79 Å². The number of hydrogen-bond donors (Lipinski definition) is 2. The van der Waals surface area contributed by atoms with Gasteiger partial charge in [-0.25, -0.2) is 4.98 Å². The molecule has 0 radical (unpaired) electrons. The van der Waals surface area contributed by atoms with E-state index in [2.05, 4.69) is 34.3 Å². The van der Waals surface area contributed by atoms with Gasteiger partial charge in [-0.2, -0.15) is 5.10 Å². The molecule has 0 aliphatic rings. The van der Waals surface area contributed by atoms with Gasteiger partial charge < -0.3 is 4.57 Å². The Hall–Kier alpha value is -2.48. The van der Waals surface area contributed by atoms with Gasteiger partial charge in [0.25, 0.3) is 0 Å². The number of amides is 1. The van der Waals surface area contributed by atoms with Crippen LogP contribution in [0.1, 0.15) is 32.5 Å². The van der Waals surface area contributed by atoms with Gasteiger partial charge in [0.2, 0.25) is 11.9 Å². The number of aromatic amines is 1. The molecular formula is C17H22N6OS. The molecule has 132 valence electrons. The fraction of sp³-hybridized carbons (Fsp3) is 0.412. The van der Waals surface area contributed by atoms with Crippen LogP contribution in [0.4, 0.5) is 5.95 Å². The molecule has 1 amide bonds. The van der Waals surface area contributed by atoms with Crippen LogP contribution in [0.2, 0.25) is 0 Å². The molecule has 2 N–H and O–H groups in total. The van der Waals surface area contributed by atoms with E-state index >= 15 is 0 Å². The Bertz CT molecular complexity index is 938. The number of H-pyrrole nitrogens is 1. The van der Waals surface area contributed by atoms with E-state index in [-0.39, 0.29) is 12.5 Å². The number of carbonyl (C=O) groups is 1. The summed E-state index contributed by atoms with van der Waals surface area (Å²) in [6.45, 7) is 5.08. The van der Waals surface area contributed by atoms with Crippen LogP contribution in [-0.4, -0.2) is 30.2 Å². The minimum Gasteiger partial charge on any atom is -0.310 e. The molecule has 0 fully saturated rings. The van der Waals surface area contributed by atoms with Gasteiger partial charge in [0, 0.05) is 13.0 Å². The van der Waals surface area contributed by atoms with Gasteiger partial charge in [0.05, 0.1) is 11.0 Å². The van der Waals surface area contributed by atoms with Crippen LogP contribution in [-0.2, 0) is 24.3 Å². The molecule has 3 aromatic rings. The second-order valence-electron chi connectivity index (χ2n) is 5.91. The summed E-state index contributed by atoms with van der Waals surface area (Å²) in [5.74, 6) is 1.20. The Kier molecular flexibility index (Phi) is 5.28. The van der Waals surface area contributed by atoms with E-state index in [0.29, 0.717) is 10.7 Å².